The number of aliphatic hydroxyl groups is 1. The van der Waals surface area contributed by atoms with Crippen LogP contribution in [0.15, 0.2) is 48.5 Å². The van der Waals surface area contributed by atoms with Gasteiger partial charge in [-0.2, -0.15) is 0 Å². The molecular weight excluding hydrogens is 889 g/mol. The van der Waals surface area contributed by atoms with E-state index in [4.69, 9.17) is 9.97 Å². The fourth-order valence-corrected chi connectivity index (χ4v) is 19.8. The zero-order valence-corrected chi connectivity index (χ0v) is 41.1. The summed E-state index contributed by atoms with van der Waals surface area (Å²) in [6.45, 7) is 36.0. The Balaban J connectivity index is 0.000000349. The van der Waals surface area contributed by atoms with Crippen LogP contribution < -0.4 is 4.50 Å². The quantitative estimate of drug-likeness (QED) is 0.0592. The van der Waals surface area contributed by atoms with Gasteiger partial charge in [0.05, 0.1) is 5.76 Å². The van der Waals surface area contributed by atoms with Crippen LogP contribution in [0.25, 0.3) is 32.2 Å². The van der Waals surface area contributed by atoms with Gasteiger partial charge in [0.25, 0.3) is 0 Å². The topological polar surface area (TPSA) is 63.1 Å². The summed E-state index contributed by atoms with van der Waals surface area (Å²) in [7, 11) is -1.82. The maximum atomic E-state index is 12.3. The molecule has 55 heavy (non-hydrogen) atoms. The Kier molecular flexibility index (Phi) is 16.3. The summed E-state index contributed by atoms with van der Waals surface area (Å²) in [4.78, 5) is 23.3. The van der Waals surface area contributed by atoms with Crippen LogP contribution in [0.4, 0.5) is 0 Å². The average Bonchev–Trinajstić information content (AvgIpc) is 3.44. The monoisotopic (exact) mass is 960 g/mol. The van der Waals surface area contributed by atoms with E-state index < -0.39 is 8.07 Å². The second-order valence-electron chi connectivity index (χ2n) is 19.6. The smallest absolute Gasteiger partial charge is 0.162 e. The summed E-state index contributed by atoms with van der Waals surface area (Å²) in [5.41, 5.74) is 5.06. The fraction of sp³-hybridized carbons (Fsp3) is 0.604. The normalized spacial score (nSPS) is 14.3. The van der Waals surface area contributed by atoms with Crippen LogP contribution in [-0.4, -0.2) is 28.9 Å². The van der Waals surface area contributed by atoms with Crippen molar-refractivity contribution in [3.8, 4) is 11.3 Å². The second kappa shape index (κ2) is 19.0. The van der Waals surface area contributed by atoms with Gasteiger partial charge in [0, 0.05) is 49.1 Å². The summed E-state index contributed by atoms with van der Waals surface area (Å²) in [6, 6.07) is 18.8. The van der Waals surface area contributed by atoms with E-state index in [0.717, 1.165) is 11.1 Å². The Morgan fingerprint density at radius 3 is 1.80 bits per heavy atom. The molecule has 0 fully saturated rings. The number of fused-ring (bicyclic) bond motifs is 3. The van der Waals surface area contributed by atoms with Crippen molar-refractivity contribution < 1.29 is 30.0 Å². The average molecular weight is 960 g/mol. The molecule has 7 heteroatoms. The third-order valence-corrected chi connectivity index (χ3v) is 20.0. The molecular formula is C48H71IrN2O2SSi-. The van der Waals surface area contributed by atoms with Crippen molar-refractivity contribution in [2.75, 3.05) is 0 Å². The maximum absolute atomic E-state index is 12.3. The van der Waals surface area contributed by atoms with Crippen molar-refractivity contribution in [3.63, 3.8) is 0 Å². The molecule has 1 radical (unpaired) electrons. The van der Waals surface area contributed by atoms with Crippen molar-refractivity contribution in [1.29, 1.82) is 0 Å². The first kappa shape index (κ1) is 47.2. The number of carbonyl (C=O) groups excluding carboxylic acids is 1. The van der Waals surface area contributed by atoms with Crippen LogP contribution in [0.1, 0.15) is 122 Å². The van der Waals surface area contributed by atoms with Gasteiger partial charge in [-0.1, -0.05) is 164 Å². The number of hydrogen-bond donors (Lipinski definition) is 1. The number of hydrogen-bond acceptors (Lipinski definition) is 5. The summed E-state index contributed by atoms with van der Waals surface area (Å²) < 4.78 is 1.70. The summed E-state index contributed by atoms with van der Waals surface area (Å²) in [5, 5.41) is 14.0. The first-order valence-corrected chi connectivity index (χ1v) is 24.2. The minimum absolute atomic E-state index is 0. The van der Waals surface area contributed by atoms with Gasteiger partial charge in [-0.3, -0.25) is 9.78 Å². The van der Waals surface area contributed by atoms with Crippen molar-refractivity contribution in [1.82, 2.24) is 9.97 Å². The maximum Gasteiger partial charge on any atom is 0.162 e. The number of aliphatic hydroxyl groups excluding tert-OH is 1. The number of rotatable bonds is 14. The van der Waals surface area contributed by atoms with Gasteiger partial charge in [0.15, 0.2) is 5.78 Å². The van der Waals surface area contributed by atoms with E-state index in [0.29, 0.717) is 41.4 Å². The van der Waals surface area contributed by atoms with Crippen LogP contribution in [0.5, 0.6) is 0 Å². The van der Waals surface area contributed by atoms with Gasteiger partial charge < -0.3 is 5.11 Å². The van der Waals surface area contributed by atoms with E-state index in [1.54, 1.807) is 10.8 Å². The van der Waals surface area contributed by atoms with E-state index in [1.807, 2.05) is 11.3 Å². The van der Waals surface area contributed by atoms with Gasteiger partial charge in [-0.15, -0.1) is 34.9 Å². The van der Waals surface area contributed by atoms with Crippen molar-refractivity contribution >= 4 is 50.7 Å². The van der Waals surface area contributed by atoms with Crippen molar-refractivity contribution in [2.45, 2.75) is 134 Å². The van der Waals surface area contributed by atoms with Crippen LogP contribution in [0.2, 0.25) is 18.1 Å². The summed E-state index contributed by atoms with van der Waals surface area (Å²) in [6.07, 6.45) is 3.26. The molecule has 1 aliphatic rings. The first-order valence-electron chi connectivity index (χ1n) is 20.8. The molecule has 0 bridgehead atoms. The molecule has 4 nitrogen and oxygen atoms in total. The van der Waals surface area contributed by atoms with Gasteiger partial charge in [0.1, 0.15) is 19.2 Å². The number of benzene rings is 2. The van der Waals surface area contributed by atoms with Crippen LogP contribution >= 0.6 is 11.3 Å². The number of aromatic nitrogens is 2. The van der Waals surface area contributed by atoms with Crippen LogP contribution in [0, 0.1) is 59.3 Å². The third-order valence-electron chi connectivity index (χ3n) is 11.5. The number of ketones is 1. The summed E-state index contributed by atoms with van der Waals surface area (Å²) in [5.74, 6) is 3.71. The van der Waals surface area contributed by atoms with Gasteiger partial charge in [-0.05, 0) is 56.9 Å². The SMILES string of the molecule is CC(C)C(C(=O)/C=C(\O)C(C(C)C)C(C)C)C(C)C.CC(C)C[Si](CC(C)C)(CC(C)C)c1sc2ncnc3c2c1C(C)(C)c1cc2ccccc2[c-]c1-3.[Ir]. The number of thiophene rings is 1. The second-order valence-corrected chi connectivity index (χ2v) is 25.2. The Hall–Kier alpha value is -2.18. The molecule has 0 aliphatic heterocycles. The predicted octanol–water partition coefficient (Wildman–Crippen LogP) is 13.4. The van der Waals surface area contributed by atoms with Gasteiger partial charge in [0.2, 0.25) is 0 Å². The molecule has 2 heterocycles. The zero-order valence-electron chi connectivity index (χ0n) is 36.9. The Morgan fingerprint density at radius 2 is 1.31 bits per heavy atom. The van der Waals surface area contributed by atoms with Crippen molar-refractivity contribution in [3.05, 3.63) is 65.7 Å². The molecule has 4 aromatic rings. The minimum Gasteiger partial charge on any atom is -0.512 e. The van der Waals surface area contributed by atoms with E-state index >= 15 is 0 Å². The number of nitrogens with zero attached hydrogens (tertiary/aromatic N) is 2. The summed E-state index contributed by atoms with van der Waals surface area (Å²) >= 11 is 2.01. The van der Waals surface area contributed by atoms with Crippen LogP contribution in [-0.2, 0) is 30.3 Å². The Morgan fingerprint density at radius 1 is 0.800 bits per heavy atom. The molecule has 0 unspecified atom stereocenters. The standard InChI is InChI=1S/C31H39N2SSi.C17H32O2.Ir/c1-19(2)15-35(16-20(3)4,17-21(5)6)30-27-26-28(32-18-33-29(26)34-30)24-13-22-11-9-10-12-23(22)14-25(24)31(27,7)8;1-10(2)16(11(3)4)14(18)9-15(19)17(12(5)6)13(7)8;/h9-12,14,18-21H,15-17H2,1-8H3;9-13,16-18H,1-8H3;/q-1;;/b;14-9-;. The molecule has 5 rings (SSSR count). The van der Waals surface area contributed by atoms with Gasteiger partial charge >= 0.3 is 0 Å². The van der Waals surface area contributed by atoms with E-state index in [9.17, 15) is 9.90 Å². The molecule has 2 aromatic heterocycles. The molecule has 0 saturated heterocycles. The molecule has 0 atom stereocenters. The third kappa shape index (κ3) is 10.3. The molecule has 0 spiro atoms. The minimum atomic E-state index is -1.82. The van der Waals surface area contributed by atoms with E-state index in [1.165, 1.54) is 56.5 Å². The molecule has 1 aliphatic carbocycles. The van der Waals surface area contributed by atoms with Crippen molar-refractivity contribution in [2.24, 2.45) is 53.3 Å². The first-order chi connectivity index (χ1) is 25.1. The van der Waals surface area contributed by atoms with E-state index in [-0.39, 0.29) is 48.9 Å². The molecule has 1 N–H and O–H groups in total. The van der Waals surface area contributed by atoms with E-state index in [2.05, 4.69) is 147 Å². The predicted molar refractivity (Wildman–Crippen MR) is 238 cm³/mol. The Labute approximate surface area is 353 Å². The fourth-order valence-electron chi connectivity index (χ4n) is 10.2. The number of carbonyl (C=O) groups is 1. The molecule has 0 amide bonds. The molecule has 2 aromatic carbocycles. The van der Waals surface area contributed by atoms with Crippen LogP contribution in [0.3, 0.4) is 0 Å². The van der Waals surface area contributed by atoms with Gasteiger partial charge in [-0.25, -0.2) is 4.98 Å². The molecule has 305 valence electrons. The molecule has 0 saturated carbocycles. The number of allylic oxidation sites excluding steroid dienone is 2. The largest absolute Gasteiger partial charge is 0.512 e. The zero-order chi connectivity index (χ0) is 40.4. The Bertz CT molecular complexity index is 1890.